The predicted octanol–water partition coefficient (Wildman–Crippen LogP) is 14.3. The largest absolute Gasteiger partial charge is 0.497 e. The summed E-state index contributed by atoms with van der Waals surface area (Å²) in [4.78, 5) is 24.8. The molecule has 8 nitrogen and oxygen atoms in total. The van der Waals surface area contributed by atoms with Crippen molar-refractivity contribution in [1.29, 1.82) is 0 Å². The summed E-state index contributed by atoms with van der Waals surface area (Å²) in [6, 6.07) is 75.6. The molecular formula is C66H48N4O4. The monoisotopic (exact) mass is 960 g/mol. The maximum atomic E-state index is 6.20. The van der Waals surface area contributed by atoms with E-state index in [1.807, 2.05) is 48.5 Å². The number of fused-ring (bicyclic) bond motifs is 10. The van der Waals surface area contributed by atoms with Crippen molar-refractivity contribution in [3.8, 4) is 56.4 Å². The van der Waals surface area contributed by atoms with Crippen LogP contribution in [0.5, 0.6) is 23.0 Å². The summed E-state index contributed by atoms with van der Waals surface area (Å²) in [7, 11) is 6.72. The second-order valence-electron chi connectivity index (χ2n) is 18.6. The molecule has 10 aromatic rings. The highest BCUT2D eigenvalue weighted by Crippen LogP contribution is 2.64. The zero-order chi connectivity index (χ0) is 50.0. The number of ether oxygens (including phenoxy) is 4. The van der Waals surface area contributed by atoms with Crippen molar-refractivity contribution in [1.82, 2.24) is 0 Å². The van der Waals surface area contributed by atoms with Gasteiger partial charge in [-0.3, -0.25) is 0 Å². The molecule has 2 spiro atoms. The lowest BCUT2D eigenvalue weighted by Crippen LogP contribution is -2.46. The van der Waals surface area contributed by atoms with Crippen LogP contribution in [0.25, 0.3) is 54.9 Å². The molecule has 0 N–H and O–H groups in total. The van der Waals surface area contributed by atoms with Gasteiger partial charge in [0.05, 0.1) is 51.3 Å². The zero-order valence-electron chi connectivity index (χ0n) is 41.2. The fraction of sp³-hybridized carbons (Fsp3) is 0.0909. The zero-order valence-corrected chi connectivity index (χ0v) is 41.2. The van der Waals surface area contributed by atoms with Crippen molar-refractivity contribution >= 4 is 44.4 Å². The third-order valence-corrected chi connectivity index (χ3v) is 14.7. The van der Waals surface area contributed by atoms with E-state index in [2.05, 4.69) is 170 Å². The minimum absolute atomic E-state index is 0.694. The molecule has 356 valence electrons. The van der Waals surface area contributed by atoms with E-state index in [0.29, 0.717) is 22.8 Å². The smallest absolute Gasteiger partial charge is 0.227 e. The topological polar surface area (TPSA) is 86.4 Å². The summed E-state index contributed by atoms with van der Waals surface area (Å²) in [5.74, 6) is 2.93. The number of aliphatic imine (C=N–C) groups is 4. The van der Waals surface area contributed by atoms with E-state index in [1.165, 1.54) is 0 Å². The quantitative estimate of drug-likeness (QED) is 0.137. The van der Waals surface area contributed by atoms with Crippen LogP contribution >= 0.6 is 0 Å². The Kier molecular flexibility index (Phi) is 10.7. The molecule has 2 aliphatic heterocycles. The van der Waals surface area contributed by atoms with Crippen molar-refractivity contribution < 1.29 is 18.9 Å². The first-order valence-electron chi connectivity index (χ1n) is 24.7. The molecule has 8 heteroatoms. The van der Waals surface area contributed by atoms with E-state index in [0.717, 1.165) is 111 Å². The Hall–Kier alpha value is -9.40. The van der Waals surface area contributed by atoms with Crippen LogP contribution in [0.15, 0.2) is 238 Å². The van der Waals surface area contributed by atoms with Crippen molar-refractivity contribution in [2.75, 3.05) is 28.4 Å². The lowest BCUT2D eigenvalue weighted by atomic mass is 9.67. The van der Waals surface area contributed by atoms with Gasteiger partial charge < -0.3 is 18.9 Å². The second-order valence-corrected chi connectivity index (χ2v) is 18.6. The summed E-state index contributed by atoms with van der Waals surface area (Å²) in [5, 5.41) is 4.36. The molecule has 0 bridgehead atoms. The third-order valence-electron chi connectivity index (χ3n) is 14.7. The van der Waals surface area contributed by atoms with Crippen LogP contribution in [0.2, 0.25) is 0 Å². The number of benzene rings is 10. The van der Waals surface area contributed by atoms with Crippen LogP contribution in [-0.4, -0.2) is 51.3 Å². The molecule has 0 unspecified atom stereocenters. The summed E-state index contributed by atoms with van der Waals surface area (Å²) >= 11 is 0. The van der Waals surface area contributed by atoms with Crippen molar-refractivity contribution in [3.05, 3.63) is 252 Å². The number of nitrogens with zero attached hydrogens (tertiary/aromatic N) is 4. The molecule has 10 aromatic carbocycles. The second kappa shape index (κ2) is 17.7. The first-order chi connectivity index (χ1) is 36.4. The molecular weight excluding hydrogens is 913 g/mol. The van der Waals surface area contributed by atoms with E-state index in [9.17, 15) is 0 Å². The minimum Gasteiger partial charge on any atom is -0.497 e. The molecule has 74 heavy (non-hydrogen) atoms. The van der Waals surface area contributed by atoms with Gasteiger partial charge in [0.25, 0.3) is 0 Å². The van der Waals surface area contributed by atoms with E-state index in [-0.39, 0.29) is 0 Å². The number of hydrogen-bond donors (Lipinski definition) is 0. The van der Waals surface area contributed by atoms with E-state index >= 15 is 0 Å². The average Bonchev–Trinajstić information content (AvgIpc) is 4.14. The molecule has 1 aliphatic carbocycles. The molecule has 3 aliphatic rings. The third kappa shape index (κ3) is 6.90. The van der Waals surface area contributed by atoms with Gasteiger partial charge in [0.1, 0.15) is 23.0 Å². The Morgan fingerprint density at radius 3 is 0.797 bits per heavy atom. The van der Waals surface area contributed by atoms with Gasteiger partial charge in [-0.15, -0.1) is 0 Å². The molecule has 13 rings (SSSR count). The van der Waals surface area contributed by atoms with Crippen LogP contribution in [-0.2, 0) is 11.3 Å². The minimum atomic E-state index is -1.57. The van der Waals surface area contributed by atoms with E-state index in [1.54, 1.807) is 28.4 Å². The van der Waals surface area contributed by atoms with Crippen molar-refractivity contribution in [2.45, 2.75) is 11.3 Å². The lowest BCUT2D eigenvalue weighted by molar-refractivity contribution is 0.254. The first-order valence-corrected chi connectivity index (χ1v) is 24.7. The molecule has 2 heterocycles. The van der Waals surface area contributed by atoms with Gasteiger partial charge >= 0.3 is 0 Å². The van der Waals surface area contributed by atoms with Crippen LogP contribution in [0, 0.1) is 0 Å². The summed E-state index contributed by atoms with van der Waals surface area (Å²) in [5.41, 5.74) is 11.1. The Morgan fingerprint density at radius 1 is 0.270 bits per heavy atom. The molecule has 0 radical (unpaired) electrons. The highest BCUT2D eigenvalue weighted by molar-refractivity contribution is 6.56. The SMILES string of the molecule is COc1ccc(C2=NC3(N=C2c2ccc(OC)cc2)c2cc(-c4ccccc4)c4ccccc4c2-c2c(cc(-c4ccccc4)c4ccccc24)C32N=C(c3ccc(OC)cc3)C(c3ccc(OC)cc3)=N2)cc1. The molecule has 0 amide bonds. The Labute approximate surface area is 429 Å². The predicted molar refractivity (Wildman–Crippen MR) is 299 cm³/mol. The maximum absolute atomic E-state index is 6.20. The summed E-state index contributed by atoms with van der Waals surface area (Å²) in [6.07, 6.45) is 0. The molecule has 0 fully saturated rings. The fourth-order valence-electron chi connectivity index (χ4n) is 11.2. The molecule has 0 saturated carbocycles. The van der Waals surface area contributed by atoms with E-state index < -0.39 is 11.3 Å². The van der Waals surface area contributed by atoms with Crippen LogP contribution < -0.4 is 18.9 Å². The highest BCUT2D eigenvalue weighted by atomic mass is 16.5. The Morgan fingerprint density at radius 2 is 0.527 bits per heavy atom. The number of hydrogen-bond acceptors (Lipinski definition) is 8. The standard InChI is InChI=1S/C66H48N4O4/c1-71-47-31-23-43(24-32-47)61-62(44-25-33-48(72-2)34-26-44)68-65(67-61)57-39-55(41-15-7-5-8-16-41)51-19-11-13-21-53(51)59(57)60-54-22-14-12-20-52(54)56(42-17-9-6-10-18-42)40-58(60)66(65)69-63(45-27-35-49(73-3)36-28-45)64(70-66)46-29-37-50(74-4)38-30-46/h5-40H,1-4H3. The fourth-order valence-corrected chi connectivity index (χ4v) is 11.2. The van der Waals surface area contributed by atoms with Gasteiger partial charge in [-0.1, -0.05) is 109 Å². The Balaban J connectivity index is 1.27. The number of rotatable bonds is 10. The van der Waals surface area contributed by atoms with Crippen molar-refractivity contribution in [2.24, 2.45) is 20.0 Å². The van der Waals surface area contributed by atoms with E-state index in [4.69, 9.17) is 38.9 Å². The maximum Gasteiger partial charge on any atom is 0.227 e. The van der Waals surface area contributed by atoms with Gasteiger partial charge in [0.15, 0.2) is 0 Å². The van der Waals surface area contributed by atoms with Gasteiger partial charge in [0, 0.05) is 33.4 Å². The van der Waals surface area contributed by atoms with Gasteiger partial charge in [-0.05, 0) is 164 Å². The summed E-state index contributed by atoms with van der Waals surface area (Å²) in [6.45, 7) is 0. The van der Waals surface area contributed by atoms with Gasteiger partial charge in [-0.25, -0.2) is 20.0 Å². The van der Waals surface area contributed by atoms with Crippen LogP contribution in [0.1, 0.15) is 33.4 Å². The Bertz CT molecular complexity index is 3570. The number of methoxy groups -OCH3 is 4. The van der Waals surface area contributed by atoms with Crippen molar-refractivity contribution in [3.63, 3.8) is 0 Å². The van der Waals surface area contributed by atoms with Gasteiger partial charge in [0.2, 0.25) is 11.3 Å². The molecule has 0 atom stereocenters. The summed E-state index contributed by atoms with van der Waals surface area (Å²) < 4.78 is 22.9. The lowest BCUT2D eigenvalue weighted by Gasteiger charge is -2.45. The first kappa shape index (κ1) is 44.5. The normalized spacial score (nSPS) is 14.8. The molecule has 0 aromatic heterocycles. The highest BCUT2D eigenvalue weighted by Gasteiger charge is 2.64. The molecule has 0 saturated heterocycles. The van der Waals surface area contributed by atoms with Crippen LogP contribution in [0.4, 0.5) is 0 Å². The van der Waals surface area contributed by atoms with Crippen LogP contribution in [0.3, 0.4) is 0 Å². The van der Waals surface area contributed by atoms with Gasteiger partial charge in [-0.2, -0.15) is 0 Å². The average molecular weight is 961 g/mol.